The predicted molar refractivity (Wildman–Crippen MR) is 77.6 cm³/mol. The molecule has 0 aromatic heterocycles. The number of carbonyl (C=O) groups is 2. The molecule has 0 atom stereocenters. The fraction of sp³-hybridized carbons (Fsp3) is 0.412. The van der Waals surface area contributed by atoms with Gasteiger partial charge in [0.2, 0.25) is 0 Å². The Morgan fingerprint density at radius 1 is 1.33 bits per heavy atom. The van der Waals surface area contributed by atoms with Crippen LogP contribution in [0.5, 0.6) is 5.75 Å². The van der Waals surface area contributed by atoms with E-state index < -0.39 is 5.97 Å². The molecule has 1 aromatic carbocycles. The van der Waals surface area contributed by atoms with E-state index in [0.717, 1.165) is 18.4 Å². The van der Waals surface area contributed by atoms with Gasteiger partial charge in [0.1, 0.15) is 12.4 Å². The number of Topliss-reactive ketones (excluding diaryl/α,β-unsaturated/α-hetero) is 1. The highest BCUT2D eigenvalue weighted by molar-refractivity contribution is 6.12. The molecule has 110 valence electrons. The first-order valence-electron chi connectivity index (χ1n) is 7.29. The number of benzene rings is 1. The molecule has 1 aromatic rings. The number of ketones is 1. The van der Waals surface area contributed by atoms with E-state index in [2.05, 4.69) is 10.8 Å². The number of methoxy groups -OCH3 is 1. The minimum absolute atomic E-state index is 0.0135. The number of allylic oxidation sites excluding steroid dienone is 1. The van der Waals surface area contributed by atoms with Crippen LogP contribution in [0.4, 0.5) is 0 Å². The van der Waals surface area contributed by atoms with E-state index in [9.17, 15) is 9.59 Å². The standard InChI is InChI=1S/C17H18O4/c1-20-17(19)12-6-7-14-15(9-12)21-10-13(16(14)18)8-11-4-2-3-5-11/h6-9,11H,2-5,10H2,1H3/b13-8+. The van der Waals surface area contributed by atoms with Gasteiger partial charge >= 0.3 is 5.97 Å². The van der Waals surface area contributed by atoms with Crippen molar-refractivity contribution in [2.45, 2.75) is 25.7 Å². The maximum Gasteiger partial charge on any atom is 0.337 e. The maximum atomic E-state index is 12.5. The van der Waals surface area contributed by atoms with Crippen LogP contribution in [-0.2, 0) is 4.74 Å². The van der Waals surface area contributed by atoms with Gasteiger partial charge in [-0.2, -0.15) is 0 Å². The third-order valence-corrected chi connectivity index (χ3v) is 4.16. The quantitative estimate of drug-likeness (QED) is 0.619. The van der Waals surface area contributed by atoms with Crippen LogP contribution < -0.4 is 4.74 Å². The van der Waals surface area contributed by atoms with Gasteiger partial charge in [0.05, 0.1) is 18.2 Å². The minimum atomic E-state index is -0.429. The lowest BCUT2D eigenvalue weighted by Gasteiger charge is -2.20. The number of carbonyl (C=O) groups excluding carboxylic acids is 2. The summed E-state index contributed by atoms with van der Waals surface area (Å²) in [5.41, 5.74) is 1.66. The highest BCUT2D eigenvalue weighted by Crippen LogP contribution is 2.32. The minimum Gasteiger partial charge on any atom is -0.488 e. The smallest absolute Gasteiger partial charge is 0.337 e. The number of esters is 1. The molecule has 1 saturated carbocycles. The summed E-state index contributed by atoms with van der Waals surface area (Å²) >= 11 is 0. The Labute approximate surface area is 123 Å². The maximum absolute atomic E-state index is 12.5. The summed E-state index contributed by atoms with van der Waals surface area (Å²) in [6.07, 6.45) is 6.87. The van der Waals surface area contributed by atoms with Gasteiger partial charge in [-0.1, -0.05) is 18.9 Å². The molecule has 0 unspecified atom stereocenters. The first-order chi connectivity index (χ1) is 10.2. The van der Waals surface area contributed by atoms with Gasteiger partial charge in [0, 0.05) is 5.57 Å². The molecular formula is C17H18O4. The number of hydrogen-bond donors (Lipinski definition) is 0. The molecule has 21 heavy (non-hydrogen) atoms. The summed E-state index contributed by atoms with van der Waals surface area (Å²) in [4.78, 5) is 24.0. The van der Waals surface area contributed by atoms with Crippen molar-refractivity contribution in [3.05, 3.63) is 41.0 Å². The first kappa shape index (κ1) is 13.9. The average molecular weight is 286 g/mol. The molecular weight excluding hydrogens is 268 g/mol. The molecule has 1 heterocycles. The summed E-state index contributed by atoms with van der Waals surface area (Å²) < 4.78 is 10.3. The highest BCUT2D eigenvalue weighted by atomic mass is 16.5. The van der Waals surface area contributed by atoms with E-state index >= 15 is 0 Å². The van der Waals surface area contributed by atoms with Crippen LogP contribution in [-0.4, -0.2) is 25.5 Å². The van der Waals surface area contributed by atoms with Gasteiger partial charge in [-0.15, -0.1) is 0 Å². The molecule has 0 saturated heterocycles. The number of hydrogen-bond acceptors (Lipinski definition) is 4. The lowest BCUT2D eigenvalue weighted by atomic mass is 9.95. The van der Waals surface area contributed by atoms with E-state index in [1.807, 2.05) is 0 Å². The largest absolute Gasteiger partial charge is 0.488 e. The summed E-state index contributed by atoms with van der Waals surface area (Å²) in [7, 11) is 1.33. The second kappa shape index (κ2) is 5.72. The van der Waals surface area contributed by atoms with Gasteiger partial charge in [0.15, 0.2) is 5.78 Å². The Bertz CT molecular complexity index is 609. The van der Waals surface area contributed by atoms with Gasteiger partial charge in [-0.25, -0.2) is 4.79 Å². The first-order valence-corrected chi connectivity index (χ1v) is 7.29. The van der Waals surface area contributed by atoms with Crippen molar-refractivity contribution in [2.75, 3.05) is 13.7 Å². The van der Waals surface area contributed by atoms with Crippen LogP contribution in [0, 0.1) is 5.92 Å². The monoisotopic (exact) mass is 286 g/mol. The van der Waals surface area contributed by atoms with Crippen LogP contribution >= 0.6 is 0 Å². The Morgan fingerprint density at radius 3 is 2.81 bits per heavy atom. The van der Waals surface area contributed by atoms with Crippen LogP contribution in [0.3, 0.4) is 0 Å². The SMILES string of the molecule is COC(=O)c1ccc2c(c1)OC/C(=C\C1CCCC1)C2=O. The third-order valence-electron chi connectivity index (χ3n) is 4.16. The van der Waals surface area contributed by atoms with E-state index in [-0.39, 0.29) is 12.4 Å². The second-order valence-corrected chi connectivity index (χ2v) is 5.56. The Kier molecular flexibility index (Phi) is 3.78. The number of ether oxygens (including phenoxy) is 2. The van der Waals surface area contributed by atoms with Crippen LogP contribution in [0.25, 0.3) is 0 Å². The van der Waals surface area contributed by atoms with Crippen LogP contribution in [0.1, 0.15) is 46.4 Å². The summed E-state index contributed by atoms with van der Waals surface area (Å²) in [6.45, 7) is 0.285. The van der Waals surface area contributed by atoms with Crippen LogP contribution in [0.2, 0.25) is 0 Å². The van der Waals surface area contributed by atoms with E-state index in [1.54, 1.807) is 18.2 Å². The van der Waals surface area contributed by atoms with Crippen LogP contribution in [0.15, 0.2) is 29.8 Å². The molecule has 2 aliphatic rings. The van der Waals surface area contributed by atoms with Crippen molar-refractivity contribution >= 4 is 11.8 Å². The van der Waals surface area contributed by atoms with E-state index in [0.29, 0.717) is 22.8 Å². The van der Waals surface area contributed by atoms with Gasteiger partial charge < -0.3 is 9.47 Å². The Balaban J connectivity index is 1.86. The molecule has 0 N–H and O–H groups in total. The van der Waals surface area contributed by atoms with E-state index in [4.69, 9.17) is 4.74 Å². The zero-order valence-electron chi connectivity index (χ0n) is 12.1. The summed E-state index contributed by atoms with van der Waals surface area (Å²) in [6, 6.07) is 4.82. The van der Waals surface area contributed by atoms with Gasteiger partial charge in [-0.3, -0.25) is 4.79 Å². The van der Waals surface area contributed by atoms with Crippen molar-refractivity contribution in [1.29, 1.82) is 0 Å². The third kappa shape index (κ3) is 2.71. The van der Waals surface area contributed by atoms with Crippen molar-refractivity contribution < 1.29 is 19.1 Å². The van der Waals surface area contributed by atoms with Crippen molar-refractivity contribution in [3.63, 3.8) is 0 Å². The zero-order valence-corrected chi connectivity index (χ0v) is 12.1. The molecule has 1 aliphatic carbocycles. The average Bonchev–Trinajstić information content (AvgIpc) is 3.02. The molecule has 0 spiro atoms. The molecule has 0 amide bonds. The number of fused-ring (bicyclic) bond motifs is 1. The molecule has 0 radical (unpaired) electrons. The Morgan fingerprint density at radius 2 is 2.10 bits per heavy atom. The fourth-order valence-corrected chi connectivity index (χ4v) is 3.00. The second-order valence-electron chi connectivity index (χ2n) is 5.56. The number of rotatable bonds is 2. The van der Waals surface area contributed by atoms with Crippen molar-refractivity contribution in [1.82, 2.24) is 0 Å². The zero-order chi connectivity index (χ0) is 14.8. The summed E-state index contributed by atoms with van der Waals surface area (Å²) in [5, 5.41) is 0. The van der Waals surface area contributed by atoms with Crippen molar-refractivity contribution in [3.8, 4) is 5.75 Å². The predicted octanol–water partition coefficient (Wildman–Crippen LogP) is 3.16. The Hall–Kier alpha value is -2.10. The van der Waals surface area contributed by atoms with Gasteiger partial charge in [0.25, 0.3) is 0 Å². The fourth-order valence-electron chi connectivity index (χ4n) is 3.00. The molecule has 4 heteroatoms. The molecule has 1 aliphatic heterocycles. The molecule has 1 fully saturated rings. The molecule has 4 nitrogen and oxygen atoms in total. The van der Waals surface area contributed by atoms with Gasteiger partial charge in [-0.05, 0) is 37.0 Å². The topological polar surface area (TPSA) is 52.6 Å². The molecule has 3 rings (SSSR count). The highest BCUT2D eigenvalue weighted by Gasteiger charge is 2.26. The lowest BCUT2D eigenvalue weighted by molar-refractivity contribution is 0.0599. The lowest BCUT2D eigenvalue weighted by Crippen LogP contribution is -2.20. The van der Waals surface area contributed by atoms with Crippen molar-refractivity contribution in [2.24, 2.45) is 5.92 Å². The van der Waals surface area contributed by atoms with E-state index in [1.165, 1.54) is 20.0 Å². The summed E-state index contributed by atoms with van der Waals surface area (Å²) in [5.74, 6) is 0.552. The molecule has 0 bridgehead atoms. The normalized spacial score (nSPS) is 20.2.